The van der Waals surface area contributed by atoms with Gasteiger partial charge in [-0.3, -0.25) is 4.79 Å². The molecule has 7 nitrogen and oxygen atoms in total. The summed E-state index contributed by atoms with van der Waals surface area (Å²) in [5.41, 5.74) is 0.593. The Bertz CT molecular complexity index is 935. The maximum atomic E-state index is 12.1. The zero-order chi connectivity index (χ0) is 18.7. The highest BCUT2D eigenvalue weighted by atomic mass is 32.2. The largest absolute Gasteiger partial charge is 0.478 e. The lowest BCUT2D eigenvalue weighted by molar-refractivity contribution is -0.115. The molecule has 1 aliphatic rings. The summed E-state index contributed by atoms with van der Waals surface area (Å²) in [5.74, 6) is -2.85. The predicted molar refractivity (Wildman–Crippen MR) is 97.6 cm³/mol. The maximum absolute atomic E-state index is 12.1. The number of hydrogen-bond acceptors (Lipinski definition) is 5. The first-order valence-electron chi connectivity index (χ1n) is 7.39. The predicted octanol–water partition coefficient (Wildman–Crippen LogP) is 2.97. The van der Waals surface area contributed by atoms with Crippen LogP contribution < -0.4 is 5.32 Å². The second kappa shape index (κ2) is 7.24. The van der Waals surface area contributed by atoms with Crippen molar-refractivity contribution in [3.8, 4) is 0 Å². The van der Waals surface area contributed by atoms with Gasteiger partial charge in [0.15, 0.2) is 5.17 Å². The Morgan fingerprint density at radius 2 is 1.62 bits per heavy atom. The van der Waals surface area contributed by atoms with Crippen LogP contribution in [0, 0.1) is 0 Å². The van der Waals surface area contributed by atoms with E-state index in [1.165, 1.54) is 12.1 Å². The van der Waals surface area contributed by atoms with Gasteiger partial charge < -0.3 is 15.5 Å². The van der Waals surface area contributed by atoms with E-state index in [1.807, 2.05) is 30.3 Å². The molecular weight excluding hydrogens is 356 g/mol. The number of benzene rings is 2. The zero-order valence-corrected chi connectivity index (χ0v) is 14.0. The van der Waals surface area contributed by atoms with Crippen LogP contribution in [-0.2, 0) is 4.79 Å². The fraction of sp³-hybridized carbons (Fsp3) is 0. The van der Waals surface area contributed by atoms with Crippen molar-refractivity contribution in [2.75, 3.05) is 0 Å². The molecule has 2 aromatic carbocycles. The van der Waals surface area contributed by atoms with E-state index in [2.05, 4.69) is 10.3 Å². The highest BCUT2D eigenvalue weighted by Crippen LogP contribution is 2.28. The van der Waals surface area contributed by atoms with E-state index in [0.717, 1.165) is 23.4 Å². The molecule has 1 heterocycles. The van der Waals surface area contributed by atoms with Crippen LogP contribution in [0.1, 0.15) is 26.3 Å². The minimum atomic E-state index is -1.26. The number of amides is 1. The third kappa shape index (κ3) is 3.98. The van der Waals surface area contributed by atoms with Gasteiger partial charge in [-0.25, -0.2) is 14.6 Å². The standard InChI is InChI=1S/C18H12N2O5S/c21-15-14(6-10-4-2-1-3-5-10)26-18(20-15)19-13-8-11(16(22)23)7-12(9-13)17(24)25/h1-9H,(H,22,23)(H,24,25)(H,19,20,21)/b14-6-. The van der Waals surface area contributed by atoms with Crippen LogP contribution in [0.5, 0.6) is 0 Å². The number of carboxylic acids is 2. The molecule has 0 bridgehead atoms. The number of rotatable bonds is 4. The minimum Gasteiger partial charge on any atom is -0.478 e. The molecule has 0 spiro atoms. The normalized spacial score (nSPS) is 16.7. The lowest BCUT2D eigenvalue weighted by atomic mass is 10.1. The molecule has 3 N–H and O–H groups in total. The van der Waals surface area contributed by atoms with Gasteiger partial charge in [-0.15, -0.1) is 0 Å². The molecule has 0 aliphatic carbocycles. The number of aromatic carboxylic acids is 2. The van der Waals surface area contributed by atoms with Gasteiger partial charge in [0, 0.05) is 0 Å². The summed E-state index contributed by atoms with van der Waals surface area (Å²) in [6.07, 6.45) is 1.71. The molecule has 0 atom stereocenters. The van der Waals surface area contributed by atoms with Crippen molar-refractivity contribution in [2.24, 2.45) is 4.99 Å². The van der Waals surface area contributed by atoms with Crippen molar-refractivity contribution in [2.45, 2.75) is 0 Å². The van der Waals surface area contributed by atoms with Crippen LogP contribution in [0.2, 0.25) is 0 Å². The number of hydrogen-bond donors (Lipinski definition) is 3. The molecule has 1 aliphatic heterocycles. The second-order valence-corrected chi connectivity index (χ2v) is 6.30. The molecule has 130 valence electrons. The highest BCUT2D eigenvalue weighted by Gasteiger charge is 2.24. The number of amidine groups is 1. The smallest absolute Gasteiger partial charge is 0.335 e. The number of aliphatic imine (C=N–C) groups is 1. The highest BCUT2D eigenvalue weighted by molar-refractivity contribution is 8.18. The SMILES string of the molecule is O=C1NC(=Nc2cc(C(=O)O)cc(C(=O)O)c2)S/C1=C\c1ccccc1. The van der Waals surface area contributed by atoms with E-state index in [0.29, 0.717) is 4.91 Å². The molecule has 26 heavy (non-hydrogen) atoms. The number of carboxylic acid groups (broad SMARTS) is 2. The Balaban J connectivity index is 1.92. The Morgan fingerprint density at radius 3 is 2.19 bits per heavy atom. The van der Waals surface area contributed by atoms with Gasteiger partial charge in [0.1, 0.15) is 0 Å². The van der Waals surface area contributed by atoms with Gasteiger partial charge in [0.25, 0.3) is 5.91 Å². The molecule has 0 aromatic heterocycles. The van der Waals surface area contributed by atoms with E-state index in [-0.39, 0.29) is 27.9 Å². The summed E-state index contributed by atoms with van der Waals surface area (Å²) in [4.78, 5) is 39.0. The van der Waals surface area contributed by atoms with Gasteiger partial charge in [0.05, 0.1) is 21.7 Å². The van der Waals surface area contributed by atoms with E-state index in [4.69, 9.17) is 10.2 Å². The van der Waals surface area contributed by atoms with E-state index in [9.17, 15) is 14.4 Å². The van der Waals surface area contributed by atoms with Crippen molar-refractivity contribution < 1.29 is 24.6 Å². The fourth-order valence-electron chi connectivity index (χ4n) is 2.22. The van der Waals surface area contributed by atoms with E-state index in [1.54, 1.807) is 6.08 Å². The molecule has 1 amide bonds. The van der Waals surface area contributed by atoms with Crippen molar-refractivity contribution in [3.05, 3.63) is 70.1 Å². The number of nitrogens with zero attached hydrogens (tertiary/aromatic N) is 1. The summed E-state index contributed by atoms with van der Waals surface area (Å²) in [6, 6.07) is 12.8. The Kier molecular flexibility index (Phi) is 4.85. The summed E-state index contributed by atoms with van der Waals surface area (Å²) in [5, 5.41) is 21.0. The molecular formula is C18H12N2O5S. The third-order valence-corrected chi connectivity index (χ3v) is 4.30. The Labute approximate surface area is 152 Å². The minimum absolute atomic E-state index is 0.131. The van der Waals surface area contributed by atoms with Crippen molar-refractivity contribution in [1.82, 2.24) is 5.32 Å². The molecule has 1 saturated heterocycles. The van der Waals surface area contributed by atoms with Crippen LogP contribution in [0.3, 0.4) is 0 Å². The Hall–Kier alpha value is -3.39. The number of carbonyl (C=O) groups excluding carboxylic acids is 1. The molecule has 0 saturated carbocycles. The third-order valence-electron chi connectivity index (χ3n) is 3.39. The van der Waals surface area contributed by atoms with Crippen molar-refractivity contribution >= 4 is 46.5 Å². The van der Waals surface area contributed by atoms with Crippen molar-refractivity contribution in [1.29, 1.82) is 0 Å². The summed E-state index contributed by atoms with van der Waals surface area (Å²) < 4.78 is 0. The van der Waals surface area contributed by atoms with Gasteiger partial charge in [0.2, 0.25) is 0 Å². The molecule has 0 radical (unpaired) electrons. The van der Waals surface area contributed by atoms with E-state index >= 15 is 0 Å². The number of carbonyl (C=O) groups is 3. The maximum Gasteiger partial charge on any atom is 0.335 e. The first-order valence-corrected chi connectivity index (χ1v) is 8.20. The molecule has 0 unspecified atom stereocenters. The van der Waals surface area contributed by atoms with Crippen molar-refractivity contribution in [3.63, 3.8) is 0 Å². The summed E-state index contributed by atoms with van der Waals surface area (Å²) in [7, 11) is 0. The monoisotopic (exact) mass is 368 g/mol. The molecule has 3 rings (SSSR count). The zero-order valence-electron chi connectivity index (χ0n) is 13.2. The van der Waals surface area contributed by atoms with Crippen LogP contribution in [-0.4, -0.2) is 33.2 Å². The quantitative estimate of drug-likeness (QED) is 0.715. The lowest BCUT2D eigenvalue weighted by Crippen LogP contribution is -2.19. The van der Waals surface area contributed by atoms with Gasteiger partial charge in [-0.2, -0.15) is 0 Å². The topological polar surface area (TPSA) is 116 Å². The van der Waals surface area contributed by atoms with E-state index < -0.39 is 11.9 Å². The van der Waals surface area contributed by atoms with Crippen LogP contribution in [0.15, 0.2) is 58.4 Å². The summed E-state index contributed by atoms with van der Waals surface area (Å²) >= 11 is 1.09. The average molecular weight is 368 g/mol. The van der Waals surface area contributed by atoms with Gasteiger partial charge >= 0.3 is 11.9 Å². The Morgan fingerprint density at radius 1 is 1.00 bits per heavy atom. The summed E-state index contributed by atoms with van der Waals surface area (Å²) in [6.45, 7) is 0. The number of thioether (sulfide) groups is 1. The first-order chi connectivity index (χ1) is 12.4. The van der Waals surface area contributed by atoms with Gasteiger partial charge in [-0.05, 0) is 41.6 Å². The fourth-order valence-corrected chi connectivity index (χ4v) is 3.06. The lowest BCUT2D eigenvalue weighted by Gasteiger charge is -2.02. The van der Waals surface area contributed by atoms with Gasteiger partial charge in [-0.1, -0.05) is 30.3 Å². The molecule has 8 heteroatoms. The molecule has 1 fully saturated rings. The first kappa shape index (κ1) is 17.4. The van der Waals surface area contributed by atoms with Crippen LogP contribution in [0.25, 0.3) is 6.08 Å². The number of nitrogens with one attached hydrogen (secondary N) is 1. The van der Waals surface area contributed by atoms with Crippen LogP contribution >= 0.6 is 11.8 Å². The average Bonchev–Trinajstić information content (AvgIpc) is 2.94. The molecule has 2 aromatic rings. The van der Waals surface area contributed by atoms with Crippen LogP contribution in [0.4, 0.5) is 5.69 Å². The second-order valence-electron chi connectivity index (χ2n) is 5.27.